The van der Waals surface area contributed by atoms with E-state index in [4.69, 9.17) is 8.94 Å². The van der Waals surface area contributed by atoms with E-state index in [1.54, 1.807) is 0 Å². The van der Waals surface area contributed by atoms with Crippen molar-refractivity contribution in [1.82, 2.24) is 0 Å². The second kappa shape index (κ2) is 18.6. The molecule has 0 saturated heterocycles. The standard InChI is InChI=1S/C3H7O.Fe.O/c1-2-3-4;;/h4H,1-3H2;;/q-1;+1;. The van der Waals surface area contributed by atoms with Gasteiger partial charge in [0.1, 0.15) is 0 Å². The van der Waals surface area contributed by atoms with Crippen LogP contribution in [0.4, 0.5) is 0 Å². The van der Waals surface area contributed by atoms with Crippen molar-refractivity contribution in [2.24, 2.45) is 0 Å². The van der Waals surface area contributed by atoms with Gasteiger partial charge in [-0.1, -0.05) is 0 Å². The van der Waals surface area contributed by atoms with Gasteiger partial charge in [-0.3, -0.25) is 0 Å². The molecule has 39 valence electrons. The van der Waals surface area contributed by atoms with Crippen LogP contribution >= 0.6 is 0 Å². The average molecular weight is 131 g/mol. The summed E-state index contributed by atoms with van der Waals surface area (Å²) in [6, 6.07) is 0. The Balaban J connectivity index is 0. The molecule has 0 aliphatic heterocycles. The molecule has 0 rings (SSSR count). The molecule has 0 fully saturated rings. The zero-order valence-electron chi connectivity index (χ0n) is 3.33. The van der Waals surface area contributed by atoms with Gasteiger partial charge in [-0.05, 0) is 0 Å². The van der Waals surface area contributed by atoms with E-state index in [1.807, 2.05) is 15.9 Å². The predicted molar refractivity (Wildman–Crippen MR) is 17.7 cm³/mol. The average Bonchev–Trinajstić information content (AvgIpc) is 1.72. The minimum atomic E-state index is 0.208. The second-order valence-electron chi connectivity index (χ2n) is 0.577. The molecule has 0 aliphatic carbocycles. The number of hydrogen-bond acceptors (Lipinski definition) is 2. The third kappa shape index (κ3) is 28.1. The van der Waals surface area contributed by atoms with Crippen molar-refractivity contribution in [1.29, 1.82) is 0 Å². The first-order valence-corrected chi connectivity index (χ1v) is 1.91. The Kier molecular flexibility index (Phi) is 29.6. The van der Waals surface area contributed by atoms with Crippen LogP contribution in [0.15, 0.2) is 0 Å². The van der Waals surface area contributed by atoms with Gasteiger partial charge < -0.3 is 12.0 Å². The summed E-state index contributed by atoms with van der Waals surface area (Å²) in [7, 11) is 0. The van der Waals surface area contributed by atoms with Crippen LogP contribution in [-0.4, -0.2) is 11.7 Å². The van der Waals surface area contributed by atoms with Gasteiger partial charge in [0.2, 0.25) is 0 Å². The molecule has 0 unspecified atom stereocenters. The quantitative estimate of drug-likeness (QED) is 0.404. The summed E-state index contributed by atoms with van der Waals surface area (Å²) in [6.45, 7) is 3.56. The van der Waals surface area contributed by atoms with E-state index in [2.05, 4.69) is 6.92 Å². The normalized spacial score (nSPS) is 5.67. The fraction of sp³-hybridized carbons (Fsp3) is 0.667. The third-order valence-electron chi connectivity index (χ3n) is 0.158. The topological polar surface area (TPSA) is 37.3 Å². The fourth-order valence-electron chi connectivity index (χ4n) is 0. The Morgan fingerprint density at radius 2 is 1.83 bits per heavy atom. The molecule has 0 spiro atoms. The van der Waals surface area contributed by atoms with Gasteiger partial charge in [-0.25, -0.2) is 0 Å². The number of aliphatic hydroxyl groups is 1. The summed E-state index contributed by atoms with van der Waals surface area (Å²) in [5.41, 5.74) is 0. The monoisotopic (exact) mass is 131 g/mol. The zero-order valence-corrected chi connectivity index (χ0v) is 4.43. The fourth-order valence-corrected chi connectivity index (χ4v) is 0. The summed E-state index contributed by atoms with van der Waals surface area (Å²) in [4.78, 5) is 0. The van der Waals surface area contributed by atoms with E-state index in [1.165, 1.54) is 0 Å². The molecular weight excluding hydrogens is 124 g/mol. The van der Waals surface area contributed by atoms with Crippen molar-refractivity contribution in [3.8, 4) is 0 Å². The van der Waals surface area contributed by atoms with Crippen LogP contribution in [-0.2, 0) is 19.8 Å². The van der Waals surface area contributed by atoms with Gasteiger partial charge in [-0.15, -0.1) is 0 Å². The number of rotatable bonds is 1. The molecular formula is C3H7FeO2. The maximum absolute atomic E-state index is 8.00. The Labute approximate surface area is 45.6 Å². The zero-order chi connectivity index (χ0) is 5.41. The first-order valence-electron chi connectivity index (χ1n) is 1.46. The first-order chi connectivity index (χ1) is 2.91. The van der Waals surface area contributed by atoms with Crippen molar-refractivity contribution in [2.45, 2.75) is 6.42 Å². The molecule has 6 heavy (non-hydrogen) atoms. The van der Waals surface area contributed by atoms with Crippen LogP contribution in [0.3, 0.4) is 0 Å². The maximum atomic E-state index is 8.00. The molecule has 1 N–H and O–H groups in total. The Morgan fingerprint density at radius 1 is 1.67 bits per heavy atom. The van der Waals surface area contributed by atoms with E-state index < -0.39 is 0 Å². The summed E-state index contributed by atoms with van der Waals surface area (Å²) < 4.78 is 8.00. The van der Waals surface area contributed by atoms with Crippen LogP contribution in [0.2, 0.25) is 0 Å². The van der Waals surface area contributed by atoms with Crippen molar-refractivity contribution in [3.05, 3.63) is 6.92 Å². The molecule has 0 aliphatic rings. The predicted octanol–water partition coefficient (Wildman–Crippen LogP) is 0.0816. The molecule has 3 heteroatoms. The van der Waals surface area contributed by atoms with E-state index >= 15 is 0 Å². The van der Waals surface area contributed by atoms with Crippen LogP contribution in [0.25, 0.3) is 0 Å². The molecule has 0 aromatic rings. The summed E-state index contributed by atoms with van der Waals surface area (Å²) in [5.74, 6) is 0. The number of aliphatic hydroxyl groups excluding tert-OH is 1. The van der Waals surface area contributed by atoms with E-state index in [0.29, 0.717) is 6.42 Å². The Morgan fingerprint density at radius 3 is 1.83 bits per heavy atom. The van der Waals surface area contributed by atoms with Crippen molar-refractivity contribution in [2.75, 3.05) is 6.61 Å². The van der Waals surface area contributed by atoms with Gasteiger partial charge in [0, 0.05) is 6.61 Å². The van der Waals surface area contributed by atoms with E-state index in [9.17, 15) is 0 Å². The van der Waals surface area contributed by atoms with Crippen LogP contribution in [0, 0.1) is 6.92 Å². The molecule has 0 saturated carbocycles. The Bertz CT molecular complexity index is 16.3. The van der Waals surface area contributed by atoms with E-state index in [0.717, 1.165) is 0 Å². The molecule has 0 heterocycles. The summed E-state index contributed by atoms with van der Waals surface area (Å²) in [6.07, 6.45) is 0.625. The van der Waals surface area contributed by atoms with Crippen LogP contribution < -0.4 is 0 Å². The van der Waals surface area contributed by atoms with Crippen LogP contribution in [0.5, 0.6) is 0 Å². The molecule has 0 aromatic carbocycles. The molecule has 0 amide bonds. The molecule has 0 radical (unpaired) electrons. The van der Waals surface area contributed by atoms with Gasteiger partial charge in [0.15, 0.2) is 0 Å². The van der Waals surface area contributed by atoms with Gasteiger partial charge in [0.25, 0.3) is 0 Å². The summed E-state index contributed by atoms with van der Waals surface area (Å²) >= 11 is 2.00. The summed E-state index contributed by atoms with van der Waals surface area (Å²) in [5, 5.41) is 7.81. The van der Waals surface area contributed by atoms with Gasteiger partial charge in [-0.2, -0.15) is 6.42 Å². The van der Waals surface area contributed by atoms with E-state index in [-0.39, 0.29) is 6.61 Å². The second-order valence-corrected chi connectivity index (χ2v) is 0.577. The van der Waals surface area contributed by atoms with Crippen LogP contribution in [0.1, 0.15) is 6.42 Å². The third-order valence-corrected chi connectivity index (χ3v) is 0.158. The molecule has 0 aromatic heterocycles. The number of hydrogen-bond donors (Lipinski definition) is 1. The SMILES string of the molecule is [CH2-]CCO.[O]=[Fe+]. The van der Waals surface area contributed by atoms with Gasteiger partial charge in [0.05, 0.1) is 0 Å². The molecule has 2 nitrogen and oxygen atoms in total. The first kappa shape index (κ1) is 9.56. The minimum absolute atomic E-state index is 0.208. The molecule has 0 atom stereocenters. The van der Waals surface area contributed by atoms with Gasteiger partial charge >= 0.3 is 19.8 Å². The van der Waals surface area contributed by atoms with Crippen molar-refractivity contribution >= 4 is 0 Å². The molecule has 0 bridgehead atoms. The van der Waals surface area contributed by atoms with Crippen molar-refractivity contribution < 1.29 is 24.9 Å². The van der Waals surface area contributed by atoms with Crippen molar-refractivity contribution in [3.63, 3.8) is 0 Å². The Hall–Kier alpha value is 0.279.